The number of para-hydroxylation sites is 1. The van der Waals surface area contributed by atoms with E-state index in [1.807, 2.05) is 6.07 Å². The number of rotatable bonds is 4. The number of nitrogens with zero attached hydrogens (tertiary/aromatic N) is 4. The maximum Gasteiger partial charge on any atom is 0.212 e. The van der Waals surface area contributed by atoms with Crippen LogP contribution in [0.2, 0.25) is 0 Å². The molecule has 0 fully saturated rings. The number of Topliss-reactive ketones (excluding diaryl/α,β-unsaturated/α-hetero) is 1. The molecule has 0 amide bonds. The molecule has 6 nitrogen and oxygen atoms in total. The van der Waals surface area contributed by atoms with Crippen molar-refractivity contribution < 1.29 is 9.53 Å². The number of ether oxygens (including phenoxy) is 1. The van der Waals surface area contributed by atoms with Gasteiger partial charge < -0.3 is 4.74 Å². The van der Waals surface area contributed by atoms with Crippen LogP contribution in [0, 0.1) is 0 Å². The predicted molar refractivity (Wildman–Crippen MR) is 59.6 cm³/mol. The average molecular weight is 232 g/mol. The molecule has 0 spiro atoms. The van der Waals surface area contributed by atoms with Gasteiger partial charge in [-0.05, 0) is 24.3 Å². The van der Waals surface area contributed by atoms with Crippen molar-refractivity contribution in [2.24, 2.45) is 7.05 Å². The van der Waals surface area contributed by atoms with Gasteiger partial charge in [0.05, 0.1) is 12.6 Å². The summed E-state index contributed by atoms with van der Waals surface area (Å²) in [5, 5.41) is 11.5. The van der Waals surface area contributed by atoms with Crippen molar-refractivity contribution in [3.05, 3.63) is 35.7 Å². The van der Waals surface area contributed by atoms with Gasteiger partial charge in [-0.15, -0.1) is 10.2 Å². The van der Waals surface area contributed by atoms with E-state index in [-0.39, 0.29) is 12.4 Å². The van der Waals surface area contributed by atoms with Crippen molar-refractivity contribution in [3.63, 3.8) is 0 Å². The highest BCUT2D eigenvalue weighted by Crippen LogP contribution is 2.18. The minimum Gasteiger partial charge on any atom is -0.485 e. The highest BCUT2D eigenvalue weighted by atomic mass is 16.5. The number of ketones is 1. The molecule has 0 unspecified atom stereocenters. The number of tetrazole rings is 1. The second-order valence-electron chi connectivity index (χ2n) is 3.54. The Balaban J connectivity index is 2.11. The van der Waals surface area contributed by atoms with Crippen LogP contribution in [0.25, 0.3) is 0 Å². The highest BCUT2D eigenvalue weighted by Gasteiger charge is 2.08. The summed E-state index contributed by atoms with van der Waals surface area (Å²) in [4.78, 5) is 12.7. The van der Waals surface area contributed by atoms with Gasteiger partial charge in [-0.25, -0.2) is 0 Å². The standard InChI is InChI=1S/C11H12N4O2/c1-8(16)9-5-3-4-6-10(9)17-7-11-12-14-15(2)13-11/h3-6H,7H2,1-2H3. The number of hydrogen-bond acceptors (Lipinski definition) is 5. The van der Waals surface area contributed by atoms with Gasteiger partial charge in [0.1, 0.15) is 5.75 Å². The van der Waals surface area contributed by atoms with Crippen LogP contribution < -0.4 is 4.74 Å². The molecule has 1 heterocycles. The summed E-state index contributed by atoms with van der Waals surface area (Å²) in [6.07, 6.45) is 0. The van der Waals surface area contributed by atoms with E-state index in [1.54, 1.807) is 25.2 Å². The zero-order chi connectivity index (χ0) is 12.3. The minimum absolute atomic E-state index is 0.0345. The lowest BCUT2D eigenvalue weighted by atomic mass is 10.1. The number of carbonyl (C=O) groups is 1. The van der Waals surface area contributed by atoms with Gasteiger partial charge in [0.15, 0.2) is 12.4 Å². The summed E-state index contributed by atoms with van der Waals surface area (Å²) in [6, 6.07) is 7.07. The van der Waals surface area contributed by atoms with Crippen molar-refractivity contribution in [3.8, 4) is 5.75 Å². The lowest BCUT2D eigenvalue weighted by molar-refractivity contribution is 0.101. The van der Waals surface area contributed by atoms with E-state index < -0.39 is 0 Å². The van der Waals surface area contributed by atoms with E-state index in [0.29, 0.717) is 17.1 Å². The Kier molecular flexibility index (Phi) is 3.13. The first kappa shape index (κ1) is 11.3. The summed E-state index contributed by atoms with van der Waals surface area (Å²) in [7, 11) is 1.68. The Morgan fingerprint density at radius 3 is 2.82 bits per heavy atom. The van der Waals surface area contributed by atoms with Crippen molar-refractivity contribution in [1.29, 1.82) is 0 Å². The average Bonchev–Trinajstić information content (AvgIpc) is 2.73. The van der Waals surface area contributed by atoms with E-state index in [1.165, 1.54) is 11.7 Å². The molecule has 0 saturated heterocycles. The lowest BCUT2D eigenvalue weighted by Gasteiger charge is -2.07. The first-order chi connectivity index (χ1) is 8.16. The number of aromatic nitrogens is 4. The van der Waals surface area contributed by atoms with Crippen LogP contribution in [0.1, 0.15) is 23.1 Å². The summed E-state index contributed by atoms with van der Waals surface area (Å²) in [5.41, 5.74) is 0.552. The van der Waals surface area contributed by atoms with E-state index in [2.05, 4.69) is 15.4 Å². The second-order valence-corrected chi connectivity index (χ2v) is 3.54. The zero-order valence-corrected chi connectivity index (χ0v) is 9.62. The van der Waals surface area contributed by atoms with E-state index in [4.69, 9.17) is 4.74 Å². The fourth-order valence-electron chi connectivity index (χ4n) is 1.41. The Labute approximate surface area is 98.2 Å². The highest BCUT2D eigenvalue weighted by molar-refractivity contribution is 5.96. The minimum atomic E-state index is -0.0345. The van der Waals surface area contributed by atoms with Gasteiger partial charge in [-0.2, -0.15) is 4.80 Å². The monoisotopic (exact) mass is 232 g/mol. The van der Waals surface area contributed by atoms with E-state index in [9.17, 15) is 4.79 Å². The number of carbonyl (C=O) groups excluding carboxylic acids is 1. The largest absolute Gasteiger partial charge is 0.485 e. The molecule has 0 atom stereocenters. The molecule has 0 radical (unpaired) electrons. The first-order valence-corrected chi connectivity index (χ1v) is 5.12. The summed E-state index contributed by atoms with van der Waals surface area (Å²) >= 11 is 0. The fraction of sp³-hybridized carbons (Fsp3) is 0.273. The van der Waals surface area contributed by atoms with Gasteiger partial charge >= 0.3 is 0 Å². The molecule has 17 heavy (non-hydrogen) atoms. The van der Waals surface area contributed by atoms with Gasteiger partial charge in [-0.3, -0.25) is 4.79 Å². The van der Waals surface area contributed by atoms with Gasteiger partial charge in [-0.1, -0.05) is 12.1 Å². The van der Waals surface area contributed by atoms with Crippen molar-refractivity contribution in [2.45, 2.75) is 13.5 Å². The molecule has 0 N–H and O–H groups in total. The zero-order valence-electron chi connectivity index (χ0n) is 9.62. The number of hydrogen-bond donors (Lipinski definition) is 0. The molecule has 6 heteroatoms. The Hall–Kier alpha value is -2.24. The van der Waals surface area contributed by atoms with Crippen molar-refractivity contribution >= 4 is 5.78 Å². The first-order valence-electron chi connectivity index (χ1n) is 5.12. The number of benzene rings is 1. The molecule has 1 aromatic heterocycles. The fourth-order valence-corrected chi connectivity index (χ4v) is 1.41. The Morgan fingerprint density at radius 1 is 1.41 bits per heavy atom. The van der Waals surface area contributed by atoms with E-state index in [0.717, 1.165) is 0 Å². The van der Waals surface area contributed by atoms with E-state index >= 15 is 0 Å². The van der Waals surface area contributed by atoms with Crippen LogP contribution >= 0.6 is 0 Å². The second kappa shape index (κ2) is 4.73. The Bertz CT molecular complexity index is 536. The molecule has 88 valence electrons. The molecule has 0 bridgehead atoms. The maximum atomic E-state index is 11.4. The molecule has 2 aromatic rings. The molecule has 0 aliphatic carbocycles. The summed E-state index contributed by atoms with van der Waals surface area (Å²) in [6.45, 7) is 1.70. The predicted octanol–water partition coefficient (Wildman–Crippen LogP) is 0.992. The SMILES string of the molecule is CC(=O)c1ccccc1OCc1nnn(C)n1. The van der Waals surface area contributed by atoms with Crippen LogP contribution in [0.3, 0.4) is 0 Å². The van der Waals surface area contributed by atoms with Crippen LogP contribution in [0.5, 0.6) is 5.75 Å². The third-order valence-corrected chi connectivity index (χ3v) is 2.17. The van der Waals surface area contributed by atoms with Crippen LogP contribution in [0.4, 0.5) is 0 Å². The smallest absolute Gasteiger partial charge is 0.212 e. The summed E-state index contributed by atoms with van der Waals surface area (Å²) in [5.74, 6) is 0.978. The van der Waals surface area contributed by atoms with Crippen LogP contribution in [-0.2, 0) is 13.7 Å². The van der Waals surface area contributed by atoms with Crippen LogP contribution in [0.15, 0.2) is 24.3 Å². The Morgan fingerprint density at radius 2 is 2.18 bits per heavy atom. The summed E-state index contributed by atoms with van der Waals surface area (Å²) < 4.78 is 5.50. The lowest BCUT2D eigenvalue weighted by Crippen LogP contribution is -2.03. The van der Waals surface area contributed by atoms with Crippen molar-refractivity contribution in [1.82, 2.24) is 20.2 Å². The topological polar surface area (TPSA) is 69.9 Å². The maximum absolute atomic E-state index is 11.4. The van der Waals surface area contributed by atoms with Gasteiger partial charge in [0.25, 0.3) is 0 Å². The third-order valence-electron chi connectivity index (χ3n) is 2.17. The van der Waals surface area contributed by atoms with Gasteiger partial charge in [0, 0.05) is 0 Å². The molecule has 2 rings (SSSR count). The molecule has 0 aliphatic rings. The normalized spacial score (nSPS) is 10.2. The molecule has 0 aliphatic heterocycles. The van der Waals surface area contributed by atoms with Gasteiger partial charge in [0.2, 0.25) is 5.82 Å². The quantitative estimate of drug-likeness (QED) is 0.735. The molecular weight excluding hydrogens is 220 g/mol. The number of aryl methyl sites for hydroxylation is 1. The molecular formula is C11H12N4O2. The molecule has 0 saturated carbocycles. The third kappa shape index (κ3) is 2.66. The van der Waals surface area contributed by atoms with Crippen LogP contribution in [-0.4, -0.2) is 26.0 Å². The van der Waals surface area contributed by atoms with Crippen molar-refractivity contribution in [2.75, 3.05) is 0 Å². The molecule has 1 aromatic carbocycles.